The van der Waals surface area contributed by atoms with Gasteiger partial charge in [0.1, 0.15) is 0 Å². The van der Waals surface area contributed by atoms with E-state index < -0.39 is 10.0 Å². The summed E-state index contributed by atoms with van der Waals surface area (Å²) in [4.78, 5) is 16.0. The topological polar surface area (TPSA) is 86.7 Å². The lowest BCUT2D eigenvalue weighted by molar-refractivity contribution is -0.116. The molecule has 1 saturated heterocycles. The fraction of sp³-hybridized carbons (Fsp3) is 0.500. The molecule has 0 radical (unpaired) electrons. The Kier molecular flexibility index (Phi) is 5.18. The number of anilines is 2. The number of piperazine rings is 1. The minimum absolute atomic E-state index is 0.0117. The van der Waals surface area contributed by atoms with Gasteiger partial charge in [-0.15, -0.1) is 5.10 Å². The van der Waals surface area contributed by atoms with Crippen LogP contribution >= 0.6 is 0 Å². The Morgan fingerprint density at radius 1 is 0.903 bits per heavy atom. The Labute approximate surface area is 182 Å². The largest absolute Gasteiger partial charge is 0.352 e. The van der Waals surface area contributed by atoms with Crippen LogP contribution in [0.2, 0.25) is 0 Å². The average molecular weight is 442 g/mol. The summed E-state index contributed by atoms with van der Waals surface area (Å²) in [7, 11) is -3.58. The van der Waals surface area contributed by atoms with Crippen LogP contribution < -0.4 is 9.80 Å². The highest BCUT2D eigenvalue weighted by molar-refractivity contribution is 7.89. The molecule has 31 heavy (non-hydrogen) atoms. The number of hydrogen-bond acceptors (Lipinski definition) is 6. The molecule has 0 unspecified atom stereocenters. The van der Waals surface area contributed by atoms with E-state index in [9.17, 15) is 13.2 Å². The number of benzene rings is 1. The molecular formula is C22H27N5O3S. The molecule has 1 amide bonds. The van der Waals surface area contributed by atoms with Crippen molar-refractivity contribution in [2.75, 3.05) is 42.5 Å². The Morgan fingerprint density at radius 3 is 2.45 bits per heavy atom. The number of fused-ring (bicyclic) bond motifs is 2. The number of nitrogens with zero attached hydrogens (tertiary/aromatic N) is 5. The van der Waals surface area contributed by atoms with Gasteiger partial charge in [0.05, 0.1) is 10.6 Å². The molecule has 0 spiro atoms. The highest BCUT2D eigenvalue weighted by atomic mass is 32.2. The van der Waals surface area contributed by atoms with Gasteiger partial charge in [-0.25, -0.2) is 8.42 Å². The number of carbonyl (C=O) groups excluding carboxylic acids is 1. The Bertz CT molecular complexity index is 1130. The summed E-state index contributed by atoms with van der Waals surface area (Å²) in [6.07, 6.45) is 4.80. The number of rotatable bonds is 3. The molecule has 3 heterocycles. The van der Waals surface area contributed by atoms with Crippen molar-refractivity contribution in [2.24, 2.45) is 0 Å². The van der Waals surface area contributed by atoms with Crippen molar-refractivity contribution in [3.63, 3.8) is 0 Å². The van der Waals surface area contributed by atoms with E-state index in [2.05, 4.69) is 21.2 Å². The van der Waals surface area contributed by atoms with Crippen molar-refractivity contribution in [1.29, 1.82) is 0 Å². The molecule has 2 aromatic rings. The molecule has 2 aliphatic heterocycles. The van der Waals surface area contributed by atoms with E-state index in [0.29, 0.717) is 37.6 Å². The number of amides is 1. The Morgan fingerprint density at radius 2 is 1.68 bits per heavy atom. The molecule has 0 atom stereocenters. The zero-order valence-electron chi connectivity index (χ0n) is 17.7. The third-order valence-corrected chi connectivity index (χ3v) is 8.45. The first-order valence-electron chi connectivity index (χ1n) is 10.9. The summed E-state index contributed by atoms with van der Waals surface area (Å²) >= 11 is 0. The maximum atomic E-state index is 13.3. The molecule has 1 fully saturated rings. The summed E-state index contributed by atoms with van der Waals surface area (Å²) in [6, 6.07) is 7.27. The normalized spacial score (nSPS) is 19.3. The molecule has 164 valence electrons. The van der Waals surface area contributed by atoms with Gasteiger partial charge in [0.15, 0.2) is 5.82 Å². The van der Waals surface area contributed by atoms with Gasteiger partial charge in [-0.2, -0.15) is 9.40 Å². The summed E-state index contributed by atoms with van der Waals surface area (Å²) < 4.78 is 28.1. The van der Waals surface area contributed by atoms with Crippen molar-refractivity contribution < 1.29 is 13.2 Å². The molecule has 0 bridgehead atoms. The number of carbonyl (C=O) groups is 1. The molecule has 5 rings (SSSR count). The van der Waals surface area contributed by atoms with Crippen LogP contribution in [0.25, 0.3) is 0 Å². The molecule has 1 aliphatic carbocycles. The van der Waals surface area contributed by atoms with Crippen molar-refractivity contribution >= 4 is 27.4 Å². The molecule has 8 nitrogen and oxygen atoms in total. The highest BCUT2D eigenvalue weighted by Crippen LogP contribution is 2.31. The highest BCUT2D eigenvalue weighted by Gasteiger charge is 2.31. The minimum Gasteiger partial charge on any atom is -0.352 e. The van der Waals surface area contributed by atoms with Crippen LogP contribution in [0.4, 0.5) is 11.5 Å². The van der Waals surface area contributed by atoms with Gasteiger partial charge < -0.3 is 9.80 Å². The van der Waals surface area contributed by atoms with E-state index in [0.717, 1.165) is 54.9 Å². The summed E-state index contributed by atoms with van der Waals surface area (Å²) in [6.45, 7) is 4.24. The first kappa shape index (κ1) is 20.4. The average Bonchev–Trinajstić information content (AvgIpc) is 3.26. The van der Waals surface area contributed by atoms with Crippen molar-refractivity contribution in [3.05, 3.63) is 41.1 Å². The Hall–Kier alpha value is -2.52. The molecule has 9 heteroatoms. The standard InChI is InChI=1S/C22H27N5O3S/c1-16(28)27-9-3-5-18-14-19(7-8-21(18)27)31(29,30)26-12-10-25(11-13-26)22-15-17-4-2-6-20(17)23-24-22/h7-8,14-15H,2-6,9-13H2,1H3. The molecule has 1 aromatic carbocycles. The van der Waals surface area contributed by atoms with Gasteiger partial charge in [-0.3, -0.25) is 4.79 Å². The van der Waals surface area contributed by atoms with Crippen LogP contribution in [0.1, 0.15) is 36.6 Å². The van der Waals surface area contributed by atoms with E-state index in [1.807, 2.05) is 0 Å². The number of hydrogen-bond donors (Lipinski definition) is 0. The van der Waals surface area contributed by atoms with Crippen LogP contribution in [-0.4, -0.2) is 61.6 Å². The molecule has 1 aromatic heterocycles. The van der Waals surface area contributed by atoms with Gasteiger partial charge in [0.25, 0.3) is 0 Å². The fourth-order valence-electron chi connectivity index (χ4n) is 4.84. The molecule has 0 saturated carbocycles. The first-order chi connectivity index (χ1) is 14.9. The summed E-state index contributed by atoms with van der Waals surface area (Å²) in [5, 5.41) is 8.72. The lowest BCUT2D eigenvalue weighted by atomic mass is 10.0. The second-order valence-electron chi connectivity index (χ2n) is 8.48. The van der Waals surface area contributed by atoms with E-state index in [1.165, 1.54) is 5.56 Å². The third-order valence-electron chi connectivity index (χ3n) is 6.56. The number of aryl methyl sites for hydroxylation is 3. The molecular weight excluding hydrogens is 414 g/mol. The second-order valence-corrected chi connectivity index (χ2v) is 10.4. The maximum absolute atomic E-state index is 13.3. The smallest absolute Gasteiger partial charge is 0.243 e. The first-order valence-corrected chi connectivity index (χ1v) is 12.4. The minimum atomic E-state index is -3.58. The summed E-state index contributed by atoms with van der Waals surface area (Å²) in [5.74, 6) is 0.832. The second kappa shape index (κ2) is 7.87. The van der Waals surface area contributed by atoms with E-state index >= 15 is 0 Å². The zero-order valence-corrected chi connectivity index (χ0v) is 18.6. The quantitative estimate of drug-likeness (QED) is 0.722. The van der Waals surface area contributed by atoms with Gasteiger partial charge in [-0.05, 0) is 67.5 Å². The lowest BCUT2D eigenvalue weighted by Crippen LogP contribution is -2.49. The lowest BCUT2D eigenvalue weighted by Gasteiger charge is -2.35. The van der Waals surface area contributed by atoms with E-state index in [1.54, 1.807) is 34.3 Å². The van der Waals surface area contributed by atoms with Crippen molar-refractivity contribution in [2.45, 2.75) is 43.9 Å². The number of aromatic nitrogens is 2. The van der Waals surface area contributed by atoms with Gasteiger partial charge >= 0.3 is 0 Å². The van der Waals surface area contributed by atoms with Crippen LogP contribution in [0.3, 0.4) is 0 Å². The van der Waals surface area contributed by atoms with Crippen molar-refractivity contribution in [3.8, 4) is 0 Å². The van der Waals surface area contributed by atoms with Crippen LogP contribution in [0, 0.1) is 0 Å². The van der Waals surface area contributed by atoms with Gasteiger partial charge in [0.2, 0.25) is 15.9 Å². The van der Waals surface area contributed by atoms with E-state index in [4.69, 9.17) is 0 Å². The molecule has 0 N–H and O–H groups in total. The van der Waals surface area contributed by atoms with E-state index in [-0.39, 0.29) is 5.91 Å². The predicted octanol–water partition coefficient (Wildman–Crippen LogP) is 1.78. The Balaban J connectivity index is 1.31. The fourth-order valence-corrected chi connectivity index (χ4v) is 6.31. The number of sulfonamides is 1. The van der Waals surface area contributed by atoms with Crippen molar-refractivity contribution in [1.82, 2.24) is 14.5 Å². The third kappa shape index (κ3) is 3.70. The maximum Gasteiger partial charge on any atom is 0.243 e. The zero-order chi connectivity index (χ0) is 21.6. The van der Waals surface area contributed by atoms with Gasteiger partial charge in [0, 0.05) is 45.3 Å². The SMILES string of the molecule is CC(=O)N1CCCc2cc(S(=O)(=O)N3CCN(c4cc5c(nn4)CCC5)CC3)ccc21. The van der Waals surface area contributed by atoms with Gasteiger partial charge in [-0.1, -0.05) is 0 Å². The predicted molar refractivity (Wildman–Crippen MR) is 118 cm³/mol. The van der Waals surface area contributed by atoms with Crippen LogP contribution in [0.5, 0.6) is 0 Å². The summed E-state index contributed by atoms with van der Waals surface area (Å²) in [5.41, 5.74) is 4.13. The van der Waals surface area contributed by atoms with Crippen LogP contribution in [-0.2, 0) is 34.1 Å². The monoisotopic (exact) mass is 441 g/mol. The molecule has 3 aliphatic rings. The van der Waals surface area contributed by atoms with Crippen LogP contribution in [0.15, 0.2) is 29.2 Å².